The van der Waals surface area contributed by atoms with Gasteiger partial charge < -0.3 is 10.5 Å². The number of nitrogens with zero attached hydrogens (tertiary/aromatic N) is 2. The summed E-state index contributed by atoms with van der Waals surface area (Å²) in [7, 11) is 0. The van der Waals surface area contributed by atoms with Crippen molar-refractivity contribution in [3.63, 3.8) is 0 Å². The molecule has 0 saturated carbocycles. The quantitative estimate of drug-likeness (QED) is 0.875. The molecule has 0 saturated heterocycles. The number of aromatic nitrogens is 2. The number of halogens is 3. The maximum Gasteiger partial charge on any atom is 0.436 e. The van der Waals surface area contributed by atoms with Crippen molar-refractivity contribution >= 4 is 22.8 Å². The molecule has 1 aromatic carbocycles. The molecule has 0 bridgehead atoms. The van der Waals surface area contributed by atoms with Gasteiger partial charge in [0.15, 0.2) is 0 Å². The molecular weight excluding hydrogens is 275 g/mol. The van der Waals surface area contributed by atoms with Gasteiger partial charge in [0.05, 0.1) is 17.2 Å². The minimum Gasteiger partial charge on any atom is -0.445 e. The second-order valence-electron chi connectivity index (χ2n) is 4.46. The molecule has 1 heterocycles. The lowest BCUT2D eigenvalue weighted by Gasteiger charge is -2.08. The fourth-order valence-electron chi connectivity index (χ4n) is 1.67. The minimum atomic E-state index is -4.48. The van der Waals surface area contributed by atoms with E-state index in [0.717, 1.165) is 22.9 Å². The summed E-state index contributed by atoms with van der Waals surface area (Å²) in [4.78, 5) is 11.7. The number of ether oxygens (including phenoxy) is 1. The molecule has 1 aromatic heterocycles. The molecule has 0 spiro atoms. The summed E-state index contributed by atoms with van der Waals surface area (Å²) in [5.41, 5.74) is 5.00. The molecular formula is C12H12F3N3O2. The Bertz CT molecular complexity index is 662. The Morgan fingerprint density at radius 2 is 2.05 bits per heavy atom. The third-order valence-corrected chi connectivity index (χ3v) is 2.55. The molecule has 0 aliphatic heterocycles. The highest BCUT2D eigenvalue weighted by molar-refractivity contribution is 5.94. The van der Waals surface area contributed by atoms with Crippen LogP contribution >= 0.6 is 0 Å². The molecule has 2 N–H and O–H groups in total. The number of carbonyl (C=O) groups is 1. The standard InChI is InChI=1S/C12H12F3N3O2/c1-6(2)20-11(19)18-10(16)8-5-7(12(13,14)15)3-4-9(8)17-18/h3-6H,16H2,1-2H3. The van der Waals surface area contributed by atoms with Gasteiger partial charge in [-0.05, 0) is 32.0 Å². The Morgan fingerprint density at radius 1 is 1.40 bits per heavy atom. The average molecular weight is 287 g/mol. The van der Waals surface area contributed by atoms with Gasteiger partial charge in [-0.3, -0.25) is 0 Å². The molecule has 0 fully saturated rings. The van der Waals surface area contributed by atoms with Crippen molar-refractivity contribution in [3.05, 3.63) is 23.8 Å². The molecule has 0 atom stereocenters. The number of hydrogen-bond donors (Lipinski definition) is 1. The normalized spacial score (nSPS) is 12.1. The van der Waals surface area contributed by atoms with Crippen molar-refractivity contribution in [2.24, 2.45) is 0 Å². The number of anilines is 1. The van der Waals surface area contributed by atoms with Crippen LogP contribution in [0.15, 0.2) is 18.2 Å². The Balaban J connectivity index is 2.51. The number of rotatable bonds is 1. The van der Waals surface area contributed by atoms with E-state index in [1.165, 1.54) is 0 Å². The van der Waals surface area contributed by atoms with Gasteiger partial charge in [-0.2, -0.15) is 18.3 Å². The van der Waals surface area contributed by atoms with Gasteiger partial charge in [0.25, 0.3) is 0 Å². The van der Waals surface area contributed by atoms with Gasteiger partial charge in [0, 0.05) is 5.39 Å². The van der Waals surface area contributed by atoms with Crippen LogP contribution in [0.3, 0.4) is 0 Å². The molecule has 8 heteroatoms. The number of fused-ring (bicyclic) bond motifs is 1. The van der Waals surface area contributed by atoms with Crippen LogP contribution in [0.25, 0.3) is 10.9 Å². The van der Waals surface area contributed by atoms with Crippen LogP contribution in [0.1, 0.15) is 19.4 Å². The molecule has 0 amide bonds. The predicted octanol–water partition coefficient (Wildman–Crippen LogP) is 3.03. The third kappa shape index (κ3) is 2.54. The number of nitrogen functional groups attached to an aromatic ring is 1. The molecule has 20 heavy (non-hydrogen) atoms. The smallest absolute Gasteiger partial charge is 0.436 e. The number of benzene rings is 1. The van der Waals surface area contributed by atoms with E-state index in [2.05, 4.69) is 5.10 Å². The first kappa shape index (κ1) is 14.2. The third-order valence-electron chi connectivity index (χ3n) is 2.55. The van der Waals surface area contributed by atoms with Gasteiger partial charge in [0.1, 0.15) is 5.82 Å². The van der Waals surface area contributed by atoms with Gasteiger partial charge in [-0.25, -0.2) is 4.79 Å². The summed E-state index contributed by atoms with van der Waals surface area (Å²) in [5, 5.41) is 3.89. The van der Waals surface area contributed by atoms with Crippen molar-refractivity contribution in [1.82, 2.24) is 9.78 Å². The summed E-state index contributed by atoms with van der Waals surface area (Å²) in [6, 6.07) is 2.90. The zero-order valence-electron chi connectivity index (χ0n) is 10.7. The molecule has 0 aliphatic rings. The summed E-state index contributed by atoms with van der Waals surface area (Å²) in [6.07, 6.45) is -5.71. The van der Waals surface area contributed by atoms with Crippen LogP contribution in [0.5, 0.6) is 0 Å². The zero-order chi connectivity index (χ0) is 15.1. The van der Waals surface area contributed by atoms with Gasteiger partial charge in [0.2, 0.25) is 0 Å². The number of carbonyl (C=O) groups excluding carboxylic acids is 1. The van der Waals surface area contributed by atoms with Crippen LogP contribution in [0.2, 0.25) is 0 Å². The molecule has 5 nitrogen and oxygen atoms in total. The number of nitrogens with two attached hydrogens (primary N) is 1. The maximum atomic E-state index is 12.6. The van der Waals surface area contributed by atoms with Crippen LogP contribution in [0.4, 0.5) is 23.8 Å². The van der Waals surface area contributed by atoms with Crippen molar-refractivity contribution in [3.8, 4) is 0 Å². The summed E-state index contributed by atoms with van der Waals surface area (Å²) >= 11 is 0. The van der Waals surface area contributed by atoms with Crippen LogP contribution < -0.4 is 5.73 Å². The summed E-state index contributed by atoms with van der Waals surface area (Å²) in [5.74, 6) is -0.184. The van der Waals surface area contributed by atoms with E-state index < -0.39 is 17.8 Å². The number of hydrogen-bond acceptors (Lipinski definition) is 4. The highest BCUT2D eigenvalue weighted by Gasteiger charge is 2.31. The Hall–Kier alpha value is -2.25. The number of alkyl halides is 3. The minimum absolute atomic E-state index is 0.0560. The fourth-order valence-corrected chi connectivity index (χ4v) is 1.67. The lowest BCUT2D eigenvalue weighted by Crippen LogP contribution is -2.20. The molecule has 108 valence electrons. The first-order chi connectivity index (χ1) is 9.20. The van der Waals surface area contributed by atoms with E-state index in [-0.39, 0.29) is 22.8 Å². The van der Waals surface area contributed by atoms with Crippen LogP contribution in [0, 0.1) is 0 Å². The lowest BCUT2D eigenvalue weighted by atomic mass is 10.1. The monoisotopic (exact) mass is 287 g/mol. The lowest BCUT2D eigenvalue weighted by molar-refractivity contribution is -0.137. The summed E-state index contributed by atoms with van der Waals surface area (Å²) < 4.78 is 43.5. The van der Waals surface area contributed by atoms with Gasteiger partial charge in [-0.1, -0.05) is 0 Å². The Labute approximate surface area is 112 Å². The maximum absolute atomic E-state index is 12.6. The van der Waals surface area contributed by atoms with Crippen molar-refractivity contribution < 1.29 is 22.7 Å². The highest BCUT2D eigenvalue weighted by Crippen LogP contribution is 2.32. The molecule has 0 radical (unpaired) electrons. The van der Waals surface area contributed by atoms with E-state index in [1.54, 1.807) is 13.8 Å². The Morgan fingerprint density at radius 3 is 2.60 bits per heavy atom. The second kappa shape index (κ2) is 4.69. The Kier molecular flexibility index (Phi) is 3.33. The highest BCUT2D eigenvalue weighted by atomic mass is 19.4. The largest absolute Gasteiger partial charge is 0.445 e. The zero-order valence-corrected chi connectivity index (χ0v) is 10.7. The van der Waals surface area contributed by atoms with Crippen molar-refractivity contribution in [1.29, 1.82) is 0 Å². The second-order valence-corrected chi connectivity index (χ2v) is 4.46. The first-order valence-corrected chi connectivity index (χ1v) is 5.76. The van der Waals surface area contributed by atoms with E-state index >= 15 is 0 Å². The molecule has 0 unspecified atom stereocenters. The van der Waals surface area contributed by atoms with E-state index in [9.17, 15) is 18.0 Å². The first-order valence-electron chi connectivity index (χ1n) is 5.76. The van der Waals surface area contributed by atoms with E-state index in [0.29, 0.717) is 0 Å². The fraction of sp³-hybridized carbons (Fsp3) is 0.333. The average Bonchev–Trinajstić information content (AvgIpc) is 2.64. The van der Waals surface area contributed by atoms with Crippen LogP contribution in [-0.4, -0.2) is 22.0 Å². The van der Waals surface area contributed by atoms with E-state index in [1.807, 2.05) is 0 Å². The molecule has 2 aromatic rings. The molecule has 2 rings (SSSR count). The summed E-state index contributed by atoms with van der Waals surface area (Å²) in [6.45, 7) is 3.28. The SMILES string of the molecule is CC(C)OC(=O)n1nc2ccc(C(F)(F)F)cc2c1N. The van der Waals surface area contributed by atoms with Gasteiger partial charge >= 0.3 is 12.3 Å². The topological polar surface area (TPSA) is 70.1 Å². The van der Waals surface area contributed by atoms with Crippen molar-refractivity contribution in [2.75, 3.05) is 5.73 Å². The van der Waals surface area contributed by atoms with Gasteiger partial charge in [-0.15, -0.1) is 4.68 Å². The van der Waals surface area contributed by atoms with Crippen LogP contribution in [-0.2, 0) is 10.9 Å². The van der Waals surface area contributed by atoms with Crippen molar-refractivity contribution in [2.45, 2.75) is 26.1 Å². The van der Waals surface area contributed by atoms with E-state index in [4.69, 9.17) is 10.5 Å². The predicted molar refractivity (Wildman–Crippen MR) is 66.2 cm³/mol. The molecule has 0 aliphatic carbocycles.